The highest BCUT2D eigenvalue weighted by Gasteiger charge is 2.17. The predicted octanol–water partition coefficient (Wildman–Crippen LogP) is 5.23. The molecule has 0 unspecified atom stereocenters. The number of H-pyrrole nitrogens is 1. The second-order valence-electron chi connectivity index (χ2n) is 8.32. The van der Waals surface area contributed by atoms with Crippen LogP contribution in [0.5, 0.6) is 0 Å². The molecule has 6 nitrogen and oxygen atoms in total. The van der Waals surface area contributed by atoms with Gasteiger partial charge in [0.25, 0.3) is 11.5 Å². The Balaban J connectivity index is 1.83. The van der Waals surface area contributed by atoms with Crippen LogP contribution in [0.2, 0.25) is 10.0 Å². The molecule has 1 aromatic heterocycles. The van der Waals surface area contributed by atoms with Crippen molar-refractivity contribution < 1.29 is 4.79 Å². The third kappa shape index (κ3) is 4.92. The average Bonchev–Trinajstić information content (AvgIpc) is 3.01. The maximum absolute atomic E-state index is 12.9. The van der Waals surface area contributed by atoms with Gasteiger partial charge in [-0.2, -0.15) is 5.10 Å². The molecule has 162 valence electrons. The zero-order valence-corrected chi connectivity index (χ0v) is 19.5. The van der Waals surface area contributed by atoms with E-state index in [2.05, 4.69) is 36.4 Å². The number of benzene rings is 2. The third-order valence-corrected chi connectivity index (χ3v) is 5.67. The average molecular weight is 459 g/mol. The van der Waals surface area contributed by atoms with Gasteiger partial charge in [0.15, 0.2) is 0 Å². The summed E-state index contributed by atoms with van der Waals surface area (Å²) in [6.45, 7) is 9.76. The molecule has 0 spiro atoms. The number of amides is 1. The second-order valence-corrected chi connectivity index (χ2v) is 9.13. The Bertz CT molecular complexity index is 1220. The molecular formula is C23H24Cl2N4O2. The first-order chi connectivity index (χ1) is 14.5. The van der Waals surface area contributed by atoms with Gasteiger partial charge in [-0.15, -0.1) is 0 Å². The van der Waals surface area contributed by atoms with E-state index in [-0.39, 0.29) is 16.9 Å². The van der Waals surface area contributed by atoms with Crippen LogP contribution in [-0.2, 0) is 5.41 Å². The van der Waals surface area contributed by atoms with Crippen LogP contribution in [0.25, 0.3) is 5.69 Å². The number of carbonyl (C=O) groups excluding carboxylic acids is 1. The number of halogens is 2. The monoisotopic (exact) mass is 458 g/mol. The quantitative estimate of drug-likeness (QED) is 0.414. The van der Waals surface area contributed by atoms with Crippen LogP contribution < -0.4 is 11.0 Å². The first-order valence-electron chi connectivity index (χ1n) is 9.71. The lowest BCUT2D eigenvalue weighted by atomic mass is 9.87. The van der Waals surface area contributed by atoms with Crippen molar-refractivity contribution in [2.45, 2.75) is 40.0 Å². The van der Waals surface area contributed by atoms with Gasteiger partial charge in [-0.1, -0.05) is 56.1 Å². The molecular weight excluding hydrogens is 435 g/mol. The van der Waals surface area contributed by atoms with Crippen LogP contribution in [0.15, 0.2) is 52.4 Å². The normalized spacial score (nSPS) is 12.2. The fourth-order valence-corrected chi connectivity index (χ4v) is 3.45. The maximum atomic E-state index is 12.9. The number of aryl methyl sites for hydroxylation is 1. The van der Waals surface area contributed by atoms with Crippen LogP contribution in [0, 0.1) is 6.92 Å². The highest BCUT2D eigenvalue weighted by Crippen LogP contribution is 2.24. The zero-order chi connectivity index (χ0) is 22.9. The van der Waals surface area contributed by atoms with E-state index in [0.717, 1.165) is 5.56 Å². The molecule has 0 atom stereocenters. The summed E-state index contributed by atoms with van der Waals surface area (Å²) in [6, 6.07) is 12.3. The lowest BCUT2D eigenvalue weighted by molar-refractivity contribution is 0.0954. The molecule has 0 bridgehead atoms. The van der Waals surface area contributed by atoms with Gasteiger partial charge < -0.3 is 0 Å². The fourth-order valence-electron chi connectivity index (χ4n) is 3.16. The molecule has 1 amide bonds. The summed E-state index contributed by atoms with van der Waals surface area (Å²) >= 11 is 12.0. The largest absolute Gasteiger partial charge is 0.295 e. The van der Waals surface area contributed by atoms with Crippen LogP contribution in [-0.4, -0.2) is 21.4 Å². The molecule has 8 heteroatoms. The lowest BCUT2D eigenvalue weighted by Gasteiger charge is -2.18. The van der Waals surface area contributed by atoms with Crippen molar-refractivity contribution >= 4 is 34.8 Å². The van der Waals surface area contributed by atoms with E-state index in [4.69, 9.17) is 23.2 Å². The van der Waals surface area contributed by atoms with Crippen molar-refractivity contribution in [2.75, 3.05) is 0 Å². The third-order valence-electron chi connectivity index (χ3n) is 4.93. The van der Waals surface area contributed by atoms with Crippen molar-refractivity contribution in [1.29, 1.82) is 0 Å². The molecule has 2 N–H and O–H groups in total. The number of nitrogens with one attached hydrogen (secondary N) is 2. The molecule has 3 aromatic rings. The SMILES string of the molecule is CC(=NNC(=O)c1ccc(C(C)(C)C)cc1)c1c(C)[nH]n(-c2ccc(Cl)c(Cl)c2)c1=O. The highest BCUT2D eigenvalue weighted by atomic mass is 35.5. The van der Waals surface area contributed by atoms with E-state index in [9.17, 15) is 9.59 Å². The van der Waals surface area contributed by atoms with E-state index >= 15 is 0 Å². The summed E-state index contributed by atoms with van der Waals surface area (Å²) in [5.41, 5.74) is 5.76. The topological polar surface area (TPSA) is 79.2 Å². The van der Waals surface area contributed by atoms with Gasteiger partial charge in [-0.25, -0.2) is 10.1 Å². The first kappa shape index (κ1) is 22.8. The van der Waals surface area contributed by atoms with E-state index in [0.29, 0.717) is 38.3 Å². The number of rotatable bonds is 4. The van der Waals surface area contributed by atoms with E-state index < -0.39 is 0 Å². The lowest BCUT2D eigenvalue weighted by Crippen LogP contribution is -2.23. The standard InChI is InChI=1S/C23H24Cl2N4O2/c1-13(26-27-21(30)15-6-8-16(9-7-15)23(3,4)5)20-14(2)28-29(22(20)31)17-10-11-18(24)19(25)12-17/h6-12,28H,1-5H3,(H,27,30). The number of hydrazone groups is 1. The van der Waals surface area contributed by atoms with Crippen LogP contribution in [0.1, 0.15) is 54.9 Å². The molecule has 0 fully saturated rings. The number of hydrogen-bond donors (Lipinski definition) is 2. The minimum atomic E-state index is -0.349. The Hall–Kier alpha value is -2.83. The fraction of sp³-hybridized carbons (Fsp3) is 0.261. The zero-order valence-electron chi connectivity index (χ0n) is 18.0. The molecule has 0 aliphatic rings. The minimum Gasteiger partial charge on any atom is -0.295 e. The van der Waals surface area contributed by atoms with Crippen molar-refractivity contribution in [2.24, 2.45) is 5.10 Å². The summed E-state index contributed by atoms with van der Waals surface area (Å²) in [4.78, 5) is 25.4. The molecule has 0 aliphatic carbocycles. The van der Waals surface area contributed by atoms with E-state index in [1.54, 1.807) is 44.2 Å². The second kappa shape index (κ2) is 8.73. The Morgan fingerprint density at radius 3 is 2.29 bits per heavy atom. The van der Waals surface area contributed by atoms with Crippen molar-refractivity contribution in [3.63, 3.8) is 0 Å². The van der Waals surface area contributed by atoms with Gasteiger partial charge >= 0.3 is 0 Å². The summed E-state index contributed by atoms with van der Waals surface area (Å²) in [7, 11) is 0. The summed E-state index contributed by atoms with van der Waals surface area (Å²) in [5, 5.41) is 7.89. The Labute approximate surface area is 190 Å². The molecule has 0 radical (unpaired) electrons. The van der Waals surface area contributed by atoms with Gasteiger partial charge in [0.05, 0.1) is 27.0 Å². The summed E-state index contributed by atoms with van der Waals surface area (Å²) in [6.07, 6.45) is 0. The smallest absolute Gasteiger partial charge is 0.280 e. The van der Waals surface area contributed by atoms with Gasteiger partial charge in [-0.3, -0.25) is 14.7 Å². The molecule has 1 heterocycles. The van der Waals surface area contributed by atoms with Crippen LogP contribution >= 0.6 is 23.2 Å². The molecule has 31 heavy (non-hydrogen) atoms. The molecule has 3 rings (SSSR count). The predicted molar refractivity (Wildman–Crippen MR) is 126 cm³/mol. The van der Waals surface area contributed by atoms with Crippen molar-refractivity contribution in [1.82, 2.24) is 15.2 Å². The Morgan fingerprint density at radius 2 is 1.71 bits per heavy atom. The molecule has 0 saturated carbocycles. The van der Waals surface area contributed by atoms with Crippen molar-refractivity contribution in [3.05, 3.63) is 85.2 Å². The van der Waals surface area contributed by atoms with Crippen LogP contribution in [0.3, 0.4) is 0 Å². The van der Waals surface area contributed by atoms with E-state index in [1.165, 1.54) is 4.68 Å². The number of carbonyl (C=O) groups is 1. The Kier molecular flexibility index (Phi) is 6.43. The highest BCUT2D eigenvalue weighted by molar-refractivity contribution is 6.42. The number of nitrogens with zero attached hydrogens (tertiary/aromatic N) is 2. The molecule has 2 aromatic carbocycles. The number of aromatic nitrogens is 2. The minimum absolute atomic E-state index is 0.00374. The summed E-state index contributed by atoms with van der Waals surface area (Å²) < 4.78 is 1.36. The Morgan fingerprint density at radius 1 is 1.06 bits per heavy atom. The van der Waals surface area contributed by atoms with Crippen LogP contribution in [0.4, 0.5) is 0 Å². The first-order valence-corrected chi connectivity index (χ1v) is 10.5. The van der Waals surface area contributed by atoms with Gasteiger partial charge in [0.2, 0.25) is 0 Å². The maximum Gasteiger partial charge on any atom is 0.280 e. The molecule has 0 saturated heterocycles. The van der Waals surface area contributed by atoms with Gasteiger partial charge in [0, 0.05) is 11.3 Å². The van der Waals surface area contributed by atoms with Gasteiger partial charge in [-0.05, 0) is 55.2 Å². The van der Waals surface area contributed by atoms with Crippen molar-refractivity contribution in [3.8, 4) is 5.69 Å². The summed E-state index contributed by atoms with van der Waals surface area (Å²) in [5.74, 6) is -0.349. The number of hydrogen-bond acceptors (Lipinski definition) is 3. The molecule has 0 aliphatic heterocycles. The van der Waals surface area contributed by atoms with Gasteiger partial charge in [0.1, 0.15) is 0 Å². The number of aromatic amines is 1. The van der Waals surface area contributed by atoms with E-state index in [1.807, 2.05) is 12.1 Å².